The summed E-state index contributed by atoms with van der Waals surface area (Å²) >= 11 is 0. The normalized spacial score (nSPS) is 16.2. The van der Waals surface area contributed by atoms with Crippen LogP contribution in [0.4, 0.5) is 32.0 Å². The summed E-state index contributed by atoms with van der Waals surface area (Å²) in [7, 11) is -3.85. The van der Waals surface area contributed by atoms with E-state index in [1.807, 2.05) is 0 Å². The van der Waals surface area contributed by atoms with Crippen LogP contribution < -0.4 is 10.1 Å². The number of carbonyl (C=O) groups excluding carboxylic acids is 1. The van der Waals surface area contributed by atoms with Gasteiger partial charge in [-0.3, -0.25) is 4.79 Å². The fraction of sp³-hybridized carbons (Fsp3) is 0.409. The third-order valence-electron chi connectivity index (χ3n) is 5.45. The molecular weight excluding hydrogens is 502 g/mol. The smallest absolute Gasteiger partial charge is 0.416 e. The zero-order valence-corrected chi connectivity index (χ0v) is 19.2. The Labute approximate surface area is 197 Å². The maximum atomic E-state index is 13.0. The van der Waals surface area contributed by atoms with Gasteiger partial charge in [0.1, 0.15) is 5.75 Å². The summed E-state index contributed by atoms with van der Waals surface area (Å²) < 4.78 is 110. The van der Waals surface area contributed by atoms with Crippen molar-refractivity contribution in [2.24, 2.45) is 5.92 Å². The number of carbonyl (C=O) groups is 1. The lowest BCUT2D eigenvalue weighted by Crippen LogP contribution is -2.41. The van der Waals surface area contributed by atoms with Gasteiger partial charge in [0.05, 0.1) is 22.6 Å². The van der Waals surface area contributed by atoms with Crippen molar-refractivity contribution in [3.05, 3.63) is 53.6 Å². The van der Waals surface area contributed by atoms with E-state index < -0.39 is 51.0 Å². The first-order chi connectivity index (χ1) is 16.2. The van der Waals surface area contributed by atoms with Crippen LogP contribution in [0.3, 0.4) is 0 Å². The van der Waals surface area contributed by atoms with E-state index >= 15 is 0 Å². The quantitative estimate of drug-likeness (QED) is 0.530. The Bertz CT molecular complexity index is 1120. The van der Waals surface area contributed by atoms with Gasteiger partial charge in [-0.2, -0.15) is 30.6 Å². The van der Waals surface area contributed by atoms with Gasteiger partial charge < -0.3 is 10.1 Å². The van der Waals surface area contributed by atoms with Crippen LogP contribution in [-0.4, -0.2) is 38.3 Å². The number of hydrogen-bond donors (Lipinski definition) is 1. The maximum Gasteiger partial charge on any atom is 0.416 e. The number of anilines is 1. The molecule has 0 bridgehead atoms. The van der Waals surface area contributed by atoms with Crippen LogP contribution >= 0.6 is 0 Å². The van der Waals surface area contributed by atoms with Gasteiger partial charge in [-0.1, -0.05) is 0 Å². The van der Waals surface area contributed by atoms with Crippen molar-refractivity contribution in [2.75, 3.05) is 25.0 Å². The number of nitrogens with zero attached hydrogens (tertiary/aromatic N) is 1. The summed E-state index contributed by atoms with van der Waals surface area (Å²) in [6.45, 7) is 2.13. The fourth-order valence-electron chi connectivity index (χ4n) is 3.65. The van der Waals surface area contributed by atoms with E-state index in [1.54, 1.807) is 6.92 Å². The average molecular weight is 524 g/mol. The molecule has 1 amide bonds. The Morgan fingerprint density at radius 1 is 0.971 bits per heavy atom. The molecule has 35 heavy (non-hydrogen) atoms. The third kappa shape index (κ3) is 6.45. The minimum absolute atomic E-state index is 0.0279. The number of hydrogen-bond acceptors (Lipinski definition) is 4. The molecular formula is C22H22F6N2O4S. The SMILES string of the molecule is CCOc1ccc(S(=O)(=O)N2CCC(C(=O)Nc3cc(C(F)(F)F)cc(C(F)(F)F)c3)CC2)cc1. The maximum absolute atomic E-state index is 13.0. The molecule has 0 atom stereocenters. The Morgan fingerprint density at radius 3 is 1.94 bits per heavy atom. The number of piperidine rings is 1. The number of sulfonamides is 1. The lowest BCUT2D eigenvalue weighted by molar-refractivity contribution is -0.143. The lowest BCUT2D eigenvalue weighted by Gasteiger charge is -2.30. The fourth-order valence-corrected chi connectivity index (χ4v) is 5.12. The van der Waals surface area contributed by atoms with E-state index in [4.69, 9.17) is 4.74 Å². The molecule has 3 rings (SSSR count). The number of amides is 1. The van der Waals surface area contributed by atoms with Crippen molar-refractivity contribution in [1.82, 2.24) is 4.31 Å². The van der Waals surface area contributed by atoms with Gasteiger partial charge in [-0.25, -0.2) is 8.42 Å². The Morgan fingerprint density at radius 2 is 1.49 bits per heavy atom. The van der Waals surface area contributed by atoms with Crippen molar-refractivity contribution in [2.45, 2.75) is 37.0 Å². The van der Waals surface area contributed by atoms with Crippen molar-refractivity contribution in [1.29, 1.82) is 0 Å². The molecule has 1 fully saturated rings. The molecule has 2 aromatic rings. The minimum Gasteiger partial charge on any atom is -0.494 e. The van der Waals surface area contributed by atoms with Gasteiger partial charge in [0.2, 0.25) is 15.9 Å². The first kappa shape index (κ1) is 26.8. The van der Waals surface area contributed by atoms with Crippen molar-refractivity contribution in [3.63, 3.8) is 0 Å². The summed E-state index contributed by atoms with van der Waals surface area (Å²) in [6, 6.07) is 6.65. The van der Waals surface area contributed by atoms with E-state index in [-0.39, 0.29) is 36.9 Å². The first-order valence-corrected chi connectivity index (χ1v) is 12.0. The van der Waals surface area contributed by atoms with Gasteiger partial charge >= 0.3 is 12.4 Å². The van der Waals surface area contributed by atoms with E-state index in [0.717, 1.165) is 0 Å². The molecule has 1 heterocycles. The van der Waals surface area contributed by atoms with E-state index in [2.05, 4.69) is 5.32 Å². The Balaban J connectivity index is 1.68. The highest BCUT2D eigenvalue weighted by Crippen LogP contribution is 2.38. The van der Waals surface area contributed by atoms with E-state index in [9.17, 15) is 39.6 Å². The van der Waals surface area contributed by atoms with Crippen molar-refractivity contribution < 1.29 is 44.3 Å². The first-order valence-electron chi connectivity index (χ1n) is 10.5. The molecule has 0 unspecified atom stereocenters. The Kier molecular flexibility index (Phi) is 7.70. The van der Waals surface area contributed by atoms with Crippen LogP contribution in [0.1, 0.15) is 30.9 Å². The molecule has 0 aromatic heterocycles. The molecule has 0 spiro atoms. The highest BCUT2D eigenvalue weighted by atomic mass is 32.2. The number of halogens is 6. The van der Waals surface area contributed by atoms with Crippen LogP contribution in [0.25, 0.3) is 0 Å². The summed E-state index contributed by atoms with van der Waals surface area (Å²) in [5.41, 5.74) is -3.72. The van der Waals surface area contributed by atoms with Gasteiger partial charge in [-0.15, -0.1) is 0 Å². The summed E-state index contributed by atoms with van der Waals surface area (Å²) in [6.07, 6.45) is -9.98. The second kappa shape index (κ2) is 10.1. The predicted octanol–water partition coefficient (Wildman–Crippen LogP) is 5.16. The molecule has 192 valence electrons. The van der Waals surface area contributed by atoms with Gasteiger partial charge in [0.15, 0.2) is 0 Å². The number of rotatable bonds is 6. The Hall–Kier alpha value is -2.80. The summed E-state index contributed by atoms with van der Waals surface area (Å²) in [4.78, 5) is 12.6. The third-order valence-corrected chi connectivity index (χ3v) is 7.37. The largest absolute Gasteiger partial charge is 0.494 e. The molecule has 2 aromatic carbocycles. The van der Waals surface area contributed by atoms with Crippen LogP contribution in [0.5, 0.6) is 5.75 Å². The van der Waals surface area contributed by atoms with Crippen LogP contribution in [0.15, 0.2) is 47.4 Å². The number of ether oxygens (including phenoxy) is 1. The van der Waals surface area contributed by atoms with E-state index in [0.29, 0.717) is 24.5 Å². The number of alkyl halides is 6. The van der Waals surface area contributed by atoms with Gasteiger partial charge in [0.25, 0.3) is 0 Å². The standard InChI is InChI=1S/C22H22F6N2O4S/c1-2-34-18-3-5-19(6-4-18)35(32,33)30-9-7-14(8-10-30)20(31)29-17-12-15(21(23,24)25)11-16(13-17)22(26,27)28/h3-6,11-14H,2,7-10H2,1H3,(H,29,31). The zero-order valence-electron chi connectivity index (χ0n) is 18.4. The molecule has 13 heteroatoms. The monoisotopic (exact) mass is 524 g/mol. The molecule has 1 aliphatic rings. The summed E-state index contributed by atoms with van der Waals surface area (Å²) in [5.74, 6) is -1.06. The molecule has 1 saturated heterocycles. The van der Waals surface area contributed by atoms with Crippen LogP contribution in [0, 0.1) is 5.92 Å². The van der Waals surface area contributed by atoms with Crippen LogP contribution in [-0.2, 0) is 27.2 Å². The highest BCUT2D eigenvalue weighted by molar-refractivity contribution is 7.89. The molecule has 0 aliphatic carbocycles. The summed E-state index contributed by atoms with van der Waals surface area (Å²) in [5, 5.41) is 2.12. The second-order valence-corrected chi connectivity index (χ2v) is 9.80. The molecule has 1 N–H and O–H groups in total. The van der Waals surface area contributed by atoms with Crippen LogP contribution in [0.2, 0.25) is 0 Å². The van der Waals surface area contributed by atoms with Gasteiger partial charge in [0, 0.05) is 24.7 Å². The second-order valence-electron chi connectivity index (χ2n) is 7.87. The average Bonchev–Trinajstić information content (AvgIpc) is 2.78. The zero-order chi connectivity index (χ0) is 26.0. The highest BCUT2D eigenvalue weighted by Gasteiger charge is 2.38. The van der Waals surface area contributed by atoms with Crippen molar-refractivity contribution >= 4 is 21.6 Å². The lowest BCUT2D eigenvalue weighted by atomic mass is 9.97. The van der Waals surface area contributed by atoms with Crippen molar-refractivity contribution in [3.8, 4) is 5.75 Å². The van der Waals surface area contributed by atoms with E-state index in [1.165, 1.54) is 28.6 Å². The van der Waals surface area contributed by atoms with Gasteiger partial charge in [-0.05, 0) is 62.2 Å². The molecule has 6 nitrogen and oxygen atoms in total. The molecule has 0 saturated carbocycles. The molecule has 1 aliphatic heterocycles. The number of nitrogens with one attached hydrogen (secondary N) is 1. The number of benzene rings is 2. The predicted molar refractivity (Wildman–Crippen MR) is 114 cm³/mol. The minimum atomic E-state index is -5.04. The molecule has 0 radical (unpaired) electrons. The topological polar surface area (TPSA) is 75.7 Å².